The highest BCUT2D eigenvalue weighted by Crippen LogP contribution is 2.33. The van der Waals surface area contributed by atoms with Crippen LogP contribution in [0, 0.1) is 5.82 Å². The highest BCUT2D eigenvalue weighted by Gasteiger charge is 2.21. The van der Waals surface area contributed by atoms with Crippen LogP contribution in [-0.2, 0) is 17.8 Å². The Hall–Kier alpha value is -2.60. The molecule has 1 amide bonds. The van der Waals surface area contributed by atoms with Gasteiger partial charge in [-0.2, -0.15) is 0 Å². The SMILES string of the molecule is CCOc1cc2c(cc1OCC)CN(CC(=O)Nc1ccccc1F)CC2. The van der Waals surface area contributed by atoms with Crippen molar-refractivity contribution in [2.24, 2.45) is 0 Å². The van der Waals surface area contributed by atoms with Gasteiger partial charge in [0.25, 0.3) is 0 Å². The lowest BCUT2D eigenvalue weighted by atomic mass is 9.98. The topological polar surface area (TPSA) is 50.8 Å². The molecule has 1 aliphatic heterocycles. The summed E-state index contributed by atoms with van der Waals surface area (Å²) in [5.74, 6) is 0.846. The average molecular weight is 372 g/mol. The Morgan fingerprint density at radius 3 is 2.44 bits per heavy atom. The van der Waals surface area contributed by atoms with E-state index < -0.39 is 5.82 Å². The minimum absolute atomic E-state index is 0.208. The first-order valence-corrected chi connectivity index (χ1v) is 9.28. The number of carbonyl (C=O) groups is 1. The van der Waals surface area contributed by atoms with Crippen molar-refractivity contribution in [2.75, 3.05) is 31.6 Å². The number of nitrogens with zero attached hydrogens (tertiary/aromatic N) is 1. The largest absolute Gasteiger partial charge is 0.490 e. The molecule has 0 saturated carbocycles. The second-order valence-corrected chi connectivity index (χ2v) is 6.42. The van der Waals surface area contributed by atoms with Crippen molar-refractivity contribution in [1.29, 1.82) is 0 Å². The van der Waals surface area contributed by atoms with E-state index in [9.17, 15) is 9.18 Å². The van der Waals surface area contributed by atoms with Gasteiger partial charge in [-0.1, -0.05) is 12.1 Å². The molecule has 0 bridgehead atoms. The first-order chi connectivity index (χ1) is 13.1. The molecule has 2 aromatic rings. The Labute approximate surface area is 159 Å². The Morgan fingerprint density at radius 1 is 1.11 bits per heavy atom. The summed E-state index contributed by atoms with van der Waals surface area (Å²) in [7, 11) is 0. The van der Waals surface area contributed by atoms with Gasteiger partial charge in [0.2, 0.25) is 5.91 Å². The van der Waals surface area contributed by atoms with Gasteiger partial charge in [-0.05, 0) is 55.7 Å². The molecule has 0 aromatic heterocycles. The van der Waals surface area contributed by atoms with Crippen molar-refractivity contribution in [3.05, 3.63) is 53.3 Å². The van der Waals surface area contributed by atoms with Gasteiger partial charge < -0.3 is 14.8 Å². The molecular weight excluding hydrogens is 347 g/mol. The van der Waals surface area contributed by atoms with E-state index >= 15 is 0 Å². The van der Waals surface area contributed by atoms with Crippen molar-refractivity contribution in [3.8, 4) is 11.5 Å². The molecule has 0 radical (unpaired) electrons. The lowest BCUT2D eigenvalue weighted by Crippen LogP contribution is -2.37. The number of hydrogen-bond acceptors (Lipinski definition) is 4. The van der Waals surface area contributed by atoms with Gasteiger partial charge >= 0.3 is 0 Å². The van der Waals surface area contributed by atoms with Crippen LogP contribution in [0.2, 0.25) is 0 Å². The van der Waals surface area contributed by atoms with Crippen LogP contribution in [0.4, 0.5) is 10.1 Å². The molecule has 1 aliphatic rings. The van der Waals surface area contributed by atoms with Crippen LogP contribution < -0.4 is 14.8 Å². The van der Waals surface area contributed by atoms with Crippen molar-refractivity contribution in [1.82, 2.24) is 4.90 Å². The predicted octanol–water partition coefficient (Wildman–Crippen LogP) is 3.62. The molecule has 0 unspecified atom stereocenters. The highest BCUT2D eigenvalue weighted by atomic mass is 19.1. The highest BCUT2D eigenvalue weighted by molar-refractivity contribution is 5.92. The number of benzene rings is 2. The smallest absolute Gasteiger partial charge is 0.238 e. The zero-order chi connectivity index (χ0) is 19.2. The van der Waals surface area contributed by atoms with E-state index in [2.05, 4.69) is 10.2 Å². The minimum Gasteiger partial charge on any atom is -0.490 e. The Balaban J connectivity index is 1.67. The fraction of sp³-hybridized carbons (Fsp3) is 0.381. The maximum Gasteiger partial charge on any atom is 0.238 e. The lowest BCUT2D eigenvalue weighted by Gasteiger charge is -2.29. The normalized spacial score (nSPS) is 13.7. The molecule has 3 rings (SSSR count). The molecule has 5 nitrogen and oxygen atoms in total. The summed E-state index contributed by atoms with van der Waals surface area (Å²) in [6.07, 6.45) is 0.828. The maximum atomic E-state index is 13.7. The monoisotopic (exact) mass is 372 g/mol. The van der Waals surface area contributed by atoms with Gasteiger partial charge in [-0.25, -0.2) is 4.39 Å². The van der Waals surface area contributed by atoms with Gasteiger partial charge in [0.05, 0.1) is 25.4 Å². The average Bonchev–Trinajstić information content (AvgIpc) is 2.64. The summed E-state index contributed by atoms with van der Waals surface area (Å²) in [6, 6.07) is 10.2. The molecule has 0 atom stereocenters. The van der Waals surface area contributed by atoms with Crippen molar-refractivity contribution >= 4 is 11.6 Å². The fourth-order valence-electron chi connectivity index (χ4n) is 3.25. The molecule has 0 saturated heterocycles. The summed E-state index contributed by atoms with van der Waals surface area (Å²) in [5, 5.41) is 2.64. The Morgan fingerprint density at radius 2 is 1.78 bits per heavy atom. The van der Waals surface area contributed by atoms with Crippen molar-refractivity contribution in [2.45, 2.75) is 26.8 Å². The van der Waals surface area contributed by atoms with Crippen LogP contribution >= 0.6 is 0 Å². The van der Waals surface area contributed by atoms with Gasteiger partial charge in [0, 0.05) is 13.1 Å². The van der Waals surface area contributed by atoms with E-state index in [1.165, 1.54) is 11.6 Å². The molecule has 0 aliphatic carbocycles. The maximum absolute atomic E-state index is 13.7. The van der Waals surface area contributed by atoms with Crippen LogP contribution in [0.3, 0.4) is 0 Å². The van der Waals surface area contributed by atoms with Crippen LogP contribution in [0.1, 0.15) is 25.0 Å². The number of rotatable bonds is 7. The van der Waals surface area contributed by atoms with Crippen LogP contribution in [0.5, 0.6) is 11.5 Å². The molecule has 0 fully saturated rings. The number of fused-ring (bicyclic) bond motifs is 1. The number of nitrogens with one attached hydrogen (secondary N) is 1. The number of hydrogen-bond donors (Lipinski definition) is 1. The van der Waals surface area contributed by atoms with E-state index in [1.54, 1.807) is 18.2 Å². The molecule has 6 heteroatoms. The summed E-state index contributed by atoms with van der Waals surface area (Å²) in [6.45, 7) is 6.66. The number of ether oxygens (including phenoxy) is 2. The number of para-hydroxylation sites is 1. The van der Waals surface area contributed by atoms with Crippen LogP contribution in [0.25, 0.3) is 0 Å². The van der Waals surface area contributed by atoms with Gasteiger partial charge in [0.15, 0.2) is 11.5 Å². The molecular formula is C21H25FN2O3. The van der Waals surface area contributed by atoms with E-state index in [1.807, 2.05) is 26.0 Å². The van der Waals surface area contributed by atoms with Gasteiger partial charge in [-0.3, -0.25) is 9.69 Å². The van der Waals surface area contributed by atoms with E-state index in [4.69, 9.17) is 9.47 Å². The number of anilines is 1. The predicted molar refractivity (Wildman–Crippen MR) is 103 cm³/mol. The quantitative estimate of drug-likeness (QED) is 0.807. The third-order valence-electron chi connectivity index (χ3n) is 4.47. The zero-order valence-electron chi connectivity index (χ0n) is 15.8. The fourth-order valence-corrected chi connectivity index (χ4v) is 3.25. The number of carbonyl (C=O) groups excluding carboxylic acids is 1. The summed E-state index contributed by atoms with van der Waals surface area (Å²) >= 11 is 0. The molecule has 27 heavy (non-hydrogen) atoms. The van der Waals surface area contributed by atoms with E-state index in [0.29, 0.717) is 19.8 Å². The van der Waals surface area contributed by atoms with Crippen LogP contribution in [-0.4, -0.2) is 37.1 Å². The third kappa shape index (κ3) is 4.77. The standard InChI is InChI=1S/C21H25FN2O3/c1-3-26-19-11-15-9-10-24(13-16(15)12-20(19)27-4-2)14-21(25)23-18-8-6-5-7-17(18)22/h5-8,11-12H,3-4,9-10,13-14H2,1-2H3,(H,23,25). The lowest BCUT2D eigenvalue weighted by molar-refractivity contribution is -0.117. The molecule has 1 heterocycles. The third-order valence-corrected chi connectivity index (χ3v) is 4.47. The first kappa shape index (κ1) is 19.2. The molecule has 144 valence electrons. The second kappa shape index (κ2) is 8.86. The molecule has 1 N–H and O–H groups in total. The number of amides is 1. The van der Waals surface area contributed by atoms with Crippen molar-refractivity contribution < 1.29 is 18.7 Å². The number of halogens is 1. The minimum atomic E-state index is -0.431. The van der Waals surface area contributed by atoms with Gasteiger partial charge in [-0.15, -0.1) is 0 Å². The zero-order valence-corrected chi connectivity index (χ0v) is 15.8. The first-order valence-electron chi connectivity index (χ1n) is 9.28. The van der Waals surface area contributed by atoms with Gasteiger partial charge in [0.1, 0.15) is 5.82 Å². The molecule has 2 aromatic carbocycles. The Kier molecular flexibility index (Phi) is 6.29. The second-order valence-electron chi connectivity index (χ2n) is 6.42. The van der Waals surface area contributed by atoms with E-state index in [0.717, 1.165) is 30.0 Å². The van der Waals surface area contributed by atoms with E-state index in [-0.39, 0.29) is 18.1 Å². The summed E-state index contributed by atoms with van der Waals surface area (Å²) in [5.41, 5.74) is 2.56. The summed E-state index contributed by atoms with van der Waals surface area (Å²) < 4.78 is 25.1. The molecule has 0 spiro atoms. The summed E-state index contributed by atoms with van der Waals surface area (Å²) in [4.78, 5) is 14.3. The Bertz CT molecular complexity index is 810. The van der Waals surface area contributed by atoms with Crippen molar-refractivity contribution in [3.63, 3.8) is 0 Å². The van der Waals surface area contributed by atoms with Crippen LogP contribution in [0.15, 0.2) is 36.4 Å².